The van der Waals surface area contributed by atoms with Crippen LogP contribution in [0.3, 0.4) is 0 Å². The van der Waals surface area contributed by atoms with Crippen molar-refractivity contribution >= 4 is 28.0 Å². The van der Waals surface area contributed by atoms with E-state index in [1.165, 1.54) is 19.2 Å². The molecule has 23 heavy (non-hydrogen) atoms. The highest BCUT2D eigenvalue weighted by Gasteiger charge is 2.47. The number of benzene rings is 1. The number of hydrogen-bond donors (Lipinski definition) is 1. The Morgan fingerprint density at radius 1 is 1.48 bits per heavy atom. The van der Waals surface area contributed by atoms with Crippen LogP contribution in [0.2, 0.25) is 0 Å². The first-order valence-electron chi connectivity index (χ1n) is 6.61. The van der Waals surface area contributed by atoms with Crippen molar-refractivity contribution in [1.29, 1.82) is 0 Å². The van der Waals surface area contributed by atoms with Crippen molar-refractivity contribution in [2.45, 2.75) is 18.4 Å². The molecule has 0 bridgehead atoms. The van der Waals surface area contributed by atoms with Crippen LogP contribution < -0.4 is 4.74 Å². The van der Waals surface area contributed by atoms with Gasteiger partial charge < -0.3 is 14.6 Å². The maximum atomic E-state index is 13.4. The van der Waals surface area contributed by atoms with Crippen LogP contribution in [-0.4, -0.2) is 54.3 Å². The zero-order chi connectivity index (χ0) is 17.2. The summed E-state index contributed by atoms with van der Waals surface area (Å²) in [6.07, 6.45) is -2.06. The fourth-order valence-corrected chi connectivity index (χ4v) is 2.69. The average Bonchev–Trinajstić information content (AvgIpc) is 2.80. The molecule has 1 aliphatic heterocycles. The lowest BCUT2D eigenvalue weighted by Crippen LogP contribution is -2.38. The van der Waals surface area contributed by atoms with Crippen LogP contribution in [0.4, 0.5) is 13.6 Å². The first-order valence-corrected chi connectivity index (χ1v) is 7.41. The van der Waals surface area contributed by atoms with Gasteiger partial charge in [-0.2, -0.15) is 0 Å². The lowest BCUT2D eigenvalue weighted by Gasteiger charge is -2.21. The Hall–Kier alpha value is -1.90. The molecule has 1 saturated heterocycles. The molecule has 0 saturated carbocycles. The van der Waals surface area contributed by atoms with Crippen molar-refractivity contribution in [3.05, 3.63) is 28.2 Å². The van der Waals surface area contributed by atoms with E-state index in [9.17, 15) is 18.4 Å². The van der Waals surface area contributed by atoms with Gasteiger partial charge in [0.25, 0.3) is 5.92 Å². The standard InChI is InChI=1S/C14H14BrF2NO5/c1-22-12(19)10-3-2-8(15)4-11(10)23-6-9-5-14(16,17)7-18(9)13(20)21/h2-4,9H,5-7H2,1H3,(H,20,21)/t9-/m0/s1. The van der Waals surface area contributed by atoms with E-state index in [0.29, 0.717) is 9.37 Å². The van der Waals surface area contributed by atoms with E-state index in [1.54, 1.807) is 6.07 Å². The van der Waals surface area contributed by atoms with Crippen LogP contribution in [0, 0.1) is 0 Å². The molecule has 1 N–H and O–H groups in total. The largest absolute Gasteiger partial charge is 0.490 e. The fourth-order valence-electron chi connectivity index (χ4n) is 2.35. The number of amides is 1. The highest BCUT2D eigenvalue weighted by molar-refractivity contribution is 9.10. The molecule has 0 radical (unpaired) electrons. The minimum absolute atomic E-state index is 0.127. The van der Waals surface area contributed by atoms with Crippen LogP contribution in [0.15, 0.2) is 22.7 Å². The number of esters is 1. The van der Waals surface area contributed by atoms with E-state index >= 15 is 0 Å². The third-order valence-corrected chi connectivity index (χ3v) is 3.90. The monoisotopic (exact) mass is 393 g/mol. The first-order chi connectivity index (χ1) is 10.7. The highest BCUT2D eigenvalue weighted by Crippen LogP contribution is 2.33. The van der Waals surface area contributed by atoms with Gasteiger partial charge >= 0.3 is 12.1 Å². The van der Waals surface area contributed by atoms with Crippen LogP contribution in [0.1, 0.15) is 16.8 Å². The molecule has 0 unspecified atom stereocenters. The maximum Gasteiger partial charge on any atom is 0.407 e. The van der Waals surface area contributed by atoms with Crippen LogP contribution >= 0.6 is 15.9 Å². The summed E-state index contributed by atoms with van der Waals surface area (Å²) in [5.41, 5.74) is 0.127. The second-order valence-electron chi connectivity index (χ2n) is 5.07. The molecule has 6 nitrogen and oxygen atoms in total. The summed E-state index contributed by atoms with van der Waals surface area (Å²) in [7, 11) is 1.21. The van der Waals surface area contributed by atoms with Gasteiger partial charge in [-0.3, -0.25) is 4.90 Å². The summed E-state index contributed by atoms with van der Waals surface area (Å²) in [6.45, 7) is -1.15. The number of ether oxygens (including phenoxy) is 2. The minimum atomic E-state index is -3.09. The van der Waals surface area contributed by atoms with E-state index in [2.05, 4.69) is 20.7 Å². The van der Waals surface area contributed by atoms with Crippen molar-refractivity contribution in [1.82, 2.24) is 4.90 Å². The van der Waals surface area contributed by atoms with Gasteiger partial charge in [0.05, 0.1) is 19.7 Å². The average molecular weight is 394 g/mol. The zero-order valence-electron chi connectivity index (χ0n) is 12.1. The second-order valence-corrected chi connectivity index (χ2v) is 5.98. The smallest absolute Gasteiger partial charge is 0.407 e. The van der Waals surface area contributed by atoms with E-state index in [-0.39, 0.29) is 17.9 Å². The molecule has 1 aromatic carbocycles. The number of halogens is 3. The number of rotatable bonds is 4. The van der Waals surface area contributed by atoms with Gasteiger partial charge in [-0.15, -0.1) is 0 Å². The van der Waals surface area contributed by atoms with Gasteiger partial charge in [0.15, 0.2) is 0 Å². The van der Waals surface area contributed by atoms with Crippen molar-refractivity contribution in [3.8, 4) is 5.75 Å². The molecule has 0 spiro atoms. The summed E-state index contributed by atoms with van der Waals surface area (Å²) < 4.78 is 37.5. The lowest BCUT2D eigenvalue weighted by atomic mass is 10.2. The SMILES string of the molecule is COC(=O)c1ccc(Br)cc1OC[C@@H]1CC(F)(F)CN1C(=O)O. The Labute approximate surface area is 139 Å². The number of carbonyl (C=O) groups is 2. The molecule has 0 aliphatic carbocycles. The zero-order valence-corrected chi connectivity index (χ0v) is 13.7. The number of hydrogen-bond acceptors (Lipinski definition) is 4. The Kier molecular flexibility index (Phi) is 5.08. The van der Waals surface area contributed by atoms with Gasteiger partial charge in [-0.1, -0.05) is 15.9 Å². The Bertz CT molecular complexity index is 625. The summed E-state index contributed by atoms with van der Waals surface area (Å²) in [6, 6.07) is 3.56. The molecular formula is C14H14BrF2NO5. The summed E-state index contributed by atoms with van der Waals surface area (Å²) in [5.74, 6) is -3.60. The van der Waals surface area contributed by atoms with Gasteiger partial charge in [0.2, 0.25) is 0 Å². The van der Waals surface area contributed by atoms with Crippen molar-refractivity contribution in [2.75, 3.05) is 20.3 Å². The number of alkyl halides is 2. The first kappa shape index (κ1) is 17.5. The summed E-state index contributed by atoms with van der Waals surface area (Å²) in [5, 5.41) is 8.99. The summed E-state index contributed by atoms with van der Waals surface area (Å²) >= 11 is 3.22. The number of nitrogens with zero attached hydrogens (tertiary/aromatic N) is 1. The van der Waals surface area contributed by atoms with E-state index in [0.717, 1.165) is 0 Å². The van der Waals surface area contributed by atoms with Crippen LogP contribution in [0.5, 0.6) is 5.75 Å². The van der Waals surface area contributed by atoms with Crippen LogP contribution in [-0.2, 0) is 4.74 Å². The molecule has 1 fully saturated rings. The van der Waals surface area contributed by atoms with Crippen LogP contribution in [0.25, 0.3) is 0 Å². The number of carboxylic acid groups (broad SMARTS) is 1. The Balaban J connectivity index is 2.15. The fraction of sp³-hybridized carbons (Fsp3) is 0.429. The lowest BCUT2D eigenvalue weighted by molar-refractivity contribution is 0.0124. The Morgan fingerprint density at radius 3 is 2.78 bits per heavy atom. The predicted molar refractivity (Wildman–Crippen MR) is 79.1 cm³/mol. The normalized spacial score (nSPS) is 19.5. The van der Waals surface area contributed by atoms with Crippen molar-refractivity contribution < 1.29 is 33.0 Å². The number of likely N-dealkylation sites (tertiary alicyclic amines) is 1. The van der Waals surface area contributed by atoms with Gasteiger partial charge in [-0.25, -0.2) is 18.4 Å². The van der Waals surface area contributed by atoms with Gasteiger partial charge in [0, 0.05) is 10.9 Å². The predicted octanol–water partition coefficient (Wildman–Crippen LogP) is 3.00. The van der Waals surface area contributed by atoms with Crippen molar-refractivity contribution in [3.63, 3.8) is 0 Å². The molecule has 0 aromatic heterocycles. The number of carbonyl (C=O) groups excluding carboxylic acids is 1. The molecule has 1 aromatic rings. The van der Waals surface area contributed by atoms with Gasteiger partial charge in [0.1, 0.15) is 17.9 Å². The third-order valence-electron chi connectivity index (χ3n) is 3.40. The van der Waals surface area contributed by atoms with Gasteiger partial charge in [-0.05, 0) is 18.2 Å². The van der Waals surface area contributed by atoms with E-state index in [1.807, 2.05) is 0 Å². The van der Waals surface area contributed by atoms with E-state index in [4.69, 9.17) is 9.84 Å². The molecule has 1 heterocycles. The molecule has 1 amide bonds. The minimum Gasteiger partial charge on any atom is -0.490 e. The topological polar surface area (TPSA) is 76.1 Å². The Morgan fingerprint density at radius 2 is 2.17 bits per heavy atom. The number of methoxy groups -OCH3 is 1. The molecule has 126 valence electrons. The molecule has 1 aliphatic rings. The van der Waals surface area contributed by atoms with E-state index < -0.39 is 37.0 Å². The maximum absolute atomic E-state index is 13.4. The third kappa shape index (κ3) is 4.10. The highest BCUT2D eigenvalue weighted by atomic mass is 79.9. The molecular weight excluding hydrogens is 380 g/mol. The second kappa shape index (κ2) is 6.69. The summed E-state index contributed by atoms with van der Waals surface area (Å²) in [4.78, 5) is 23.4. The quantitative estimate of drug-likeness (QED) is 0.795. The van der Waals surface area contributed by atoms with Crippen molar-refractivity contribution in [2.24, 2.45) is 0 Å². The molecule has 1 atom stereocenters. The molecule has 9 heteroatoms. The molecule has 2 rings (SSSR count).